The van der Waals surface area contributed by atoms with Gasteiger partial charge < -0.3 is 10.0 Å². The van der Waals surface area contributed by atoms with Gasteiger partial charge in [-0.25, -0.2) is 0 Å². The van der Waals surface area contributed by atoms with Crippen molar-refractivity contribution in [2.24, 2.45) is 11.8 Å². The molecular weight excluding hydrogens is 262 g/mol. The van der Waals surface area contributed by atoms with Gasteiger partial charge >= 0.3 is 0 Å². The summed E-state index contributed by atoms with van der Waals surface area (Å²) in [6, 6.07) is 9.84. The lowest BCUT2D eigenvalue weighted by atomic mass is 9.87. The summed E-state index contributed by atoms with van der Waals surface area (Å²) in [7, 11) is 0. The first-order chi connectivity index (χ1) is 10.1. The SMILES string of the molecule is CCCC(C)C(=O)N1CCC(C(O)c2ccccc2)CC1. The zero-order valence-corrected chi connectivity index (χ0v) is 13.2. The van der Waals surface area contributed by atoms with Crippen LogP contribution in [0.3, 0.4) is 0 Å². The highest BCUT2D eigenvalue weighted by Crippen LogP contribution is 2.31. The van der Waals surface area contributed by atoms with Crippen molar-refractivity contribution in [2.45, 2.75) is 45.6 Å². The number of aliphatic hydroxyl groups is 1. The predicted octanol–water partition coefficient (Wildman–Crippen LogP) is 3.39. The Balaban J connectivity index is 1.87. The van der Waals surface area contributed by atoms with Gasteiger partial charge in [0.1, 0.15) is 0 Å². The van der Waals surface area contributed by atoms with E-state index in [1.54, 1.807) is 0 Å². The Bertz CT molecular complexity index is 438. The zero-order chi connectivity index (χ0) is 15.2. The Kier molecular flexibility index (Phi) is 5.80. The third kappa shape index (κ3) is 4.07. The molecule has 2 atom stereocenters. The number of likely N-dealkylation sites (tertiary alicyclic amines) is 1. The van der Waals surface area contributed by atoms with Crippen LogP contribution in [0.2, 0.25) is 0 Å². The molecule has 116 valence electrons. The normalized spacial score (nSPS) is 19.3. The maximum absolute atomic E-state index is 12.3. The lowest BCUT2D eigenvalue weighted by molar-refractivity contribution is -0.137. The van der Waals surface area contributed by atoms with Gasteiger partial charge in [0.2, 0.25) is 5.91 Å². The van der Waals surface area contributed by atoms with Gasteiger partial charge in [0.25, 0.3) is 0 Å². The standard InChI is InChI=1S/C18H27NO2/c1-3-7-14(2)18(21)19-12-10-16(11-13-19)17(20)15-8-5-4-6-9-15/h4-6,8-9,14,16-17,20H,3,7,10-13H2,1-2H3. The van der Waals surface area contributed by atoms with Crippen molar-refractivity contribution < 1.29 is 9.90 Å². The molecule has 1 aromatic rings. The third-order valence-corrected chi connectivity index (χ3v) is 4.58. The van der Waals surface area contributed by atoms with Crippen LogP contribution in [0.5, 0.6) is 0 Å². The highest BCUT2D eigenvalue weighted by atomic mass is 16.3. The summed E-state index contributed by atoms with van der Waals surface area (Å²) in [5, 5.41) is 10.5. The fourth-order valence-electron chi connectivity index (χ4n) is 3.23. The number of nitrogens with zero attached hydrogens (tertiary/aromatic N) is 1. The van der Waals surface area contributed by atoms with E-state index >= 15 is 0 Å². The summed E-state index contributed by atoms with van der Waals surface area (Å²) in [5.41, 5.74) is 0.988. The Morgan fingerprint density at radius 3 is 2.48 bits per heavy atom. The fraction of sp³-hybridized carbons (Fsp3) is 0.611. The summed E-state index contributed by atoms with van der Waals surface area (Å²) in [6.07, 6.45) is 3.39. The van der Waals surface area contributed by atoms with Gasteiger partial charge in [0.15, 0.2) is 0 Å². The van der Waals surface area contributed by atoms with Crippen molar-refractivity contribution >= 4 is 5.91 Å². The Morgan fingerprint density at radius 2 is 1.90 bits per heavy atom. The molecule has 0 radical (unpaired) electrons. The monoisotopic (exact) mass is 289 g/mol. The number of carbonyl (C=O) groups is 1. The molecule has 1 fully saturated rings. The van der Waals surface area contributed by atoms with Crippen LogP contribution in [0.1, 0.15) is 51.2 Å². The van der Waals surface area contributed by atoms with Crippen molar-refractivity contribution in [1.82, 2.24) is 4.90 Å². The molecule has 1 aromatic carbocycles. The predicted molar refractivity (Wildman–Crippen MR) is 84.8 cm³/mol. The highest BCUT2D eigenvalue weighted by Gasteiger charge is 2.29. The van der Waals surface area contributed by atoms with E-state index in [9.17, 15) is 9.90 Å². The number of aliphatic hydroxyl groups excluding tert-OH is 1. The van der Waals surface area contributed by atoms with E-state index in [0.717, 1.165) is 44.3 Å². The van der Waals surface area contributed by atoms with Gasteiger partial charge in [0.05, 0.1) is 6.10 Å². The largest absolute Gasteiger partial charge is 0.388 e. The molecule has 1 aliphatic rings. The number of hydrogen-bond donors (Lipinski definition) is 1. The van der Waals surface area contributed by atoms with Crippen molar-refractivity contribution in [2.75, 3.05) is 13.1 Å². The minimum atomic E-state index is -0.406. The van der Waals surface area contributed by atoms with Crippen LogP contribution in [-0.4, -0.2) is 29.0 Å². The number of rotatable bonds is 5. The molecule has 21 heavy (non-hydrogen) atoms. The molecule has 1 heterocycles. The molecule has 0 saturated carbocycles. The van der Waals surface area contributed by atoms with Gasteiger partial charge in [0, 0.05) is 19.0 Å². The molecule has 2 unspecified atom stereocenters. The van der Waals surface area contributed by atoms with E-state index in [2.05, 4.69) is 6.92 Å². The first-order valence-corrected chi connectivity index (χ1v) is 8.15. The van der Waals surface area contributed by atoms with Gasteiger partial charge in [-0.1, -0.05) is 50.6 Å². The number of benzene rings is 1. The molecule has 1 N–H and O–H groups in total. The lowest BCUT2D eigenvalue weighted by Gasteiger charge is -2.35. The maximum atomic E-state index is 12.3. The van der Waals surface area contributed by atoms with E-state index in [1.807, 2.05) is 42.2 Å². The van der Waals surface area contributed by atoms with Crippen LogP contribution in [0.4, 0.5) is 0 Å². The second-order valence-electron chi connectivity index (χ2n) is 6.21. The number of piperidine rings is 1. The van der Waals surface area contributed by atoms with Crippen LogP contribution in [0.25, 0.3) is 0 Å². The van der Waals surface area contributed by atoms with Gasteiger partial charge in [-0.2, -0.15) is 0 Å². The summed E-state index contributed by atoms with van der Waals surface area (Å²) >= 11 is 0. The van der Waals surface area contributed by atoms with Crippen molar-refractivity contribution in [3.05, 3.63) is 35.9 Å². The van der Waals surface area contributed by atoms with Crippen LogP contribution in [0, 0.1) is 11.8 Å². The zero-order valence-electron chi connectivity index (χ0n) is 13.2. The minimum Gasteiger partial charge on any atom is -0.388 e. The molecule has 2 rings (SSSR count). The van der Waals surface area contributed by atoms with Crippen LogP contribution in [0.15, 0.2) is 30.3 Å². The number of hydrogen-bond acceptors (Lipinski definition) is 2. The minimum absolute atomic E-state index is 0.130. The molecule has 0 spiro atoms. The Labute approximate surface area is 128 Å². The molecule has 0 aliphatic carbocycles. The molecule has 1 aliphatic heterocycles. The summed E-state index contributed by atoms with van der Waals surface area (Å²) in [6.45, 7) is 5.70. The Hall–Kier alpha value is -1.35. The second-order valence-corrected chi connectivity index (χ2v) is 6.21. The van der Waals surface area contributed by atoms with Gasteiger partial charge in [-0.15, -0.1) is 0 Å². The van der Waals surface area contributed by atoms with Crippen molar-refractivity contribution in [3.8, 4) is 0 Å². The summed E-state index contributed by atoms with van der Waals surface area (Å²) in [5.74, 6) is 0.674. The summed E-state index contributed by atoms with van der Waals surface area (Å²) < 4.78 is 0. The van der Waals surface area contributed by atoms with E-state index in [0.29, 0.717) is 0 Å². The maximum Gasteiger partial charge on any atom is 0.225 e. The molecule has 1 saturated heterocycles. The van der Waals surface area contributed by atoms with Crippen molar-refractivity contribution in [1.29, 1.82) is 0 Å². The average molecular weight is 289 g/mol. The highest BCUT2D eigenvalue weighted by molar-refractivity contribution is 5.78. The van der Waals surface area contributed by atoms with E-state index in [1.165, 1.54) is 0 Å². The first kappa shape index (κ1) is 16.0. The third-order valence-electron chi connectivity index (χ3n) is 4.58. The van der Waals surface area contributed by atoms with E-state index < -0.39 is 6.10 Å². The number of carbonyl (C=O) groups excluding carboxylic acids is 1. The van der Waals surface area contributed by atoms with E-state index in [-0.39, 0.29) is 17.7 Å². The van der Waals surface area contributed by atoms with Gasteiger partial charge in [-0.3, -0.25) is 4.79 Å². The van der Waals surface area contributed by atoms with Crippen molar-refractivity contribution in [3.63, 3.8) is 0 Å². The quantitative estimate of drug-likeness (QED) is 0.902. The second kappa shape index (κ2) is 7.60. The van der Waals surface area contributed by atoms with Crippen LogP contribution in [-0.2, 0) is 4.79 Å². The lowest BCUT2D eigenvalue weighted by Crippen LogP contribution is -2.42. The van der Waals surface area contributed by atoms with E-state index in [4.69, 9.17) is 0 Å². The molecule has 0 aromatic heterocycles. The van der Waals surface area contributed by atoms with Crippen LogP contribution >= 0.6 is 0 Å². The molecule has 3 nitrogen and oxygen atoms in total. The van der Waals surface area contributed by atoms with Gasteiger partial charge in [-0.05, 0) is 30.7 Å². The molecule has 1 amide bonds. The smallest absolute Gasteiger partial charge is 0.225 e. The topological polar surface area (TPSA) is 40.5 Å². The Morgan fingerprint density at radius 1 is 1.29 bits per heavy atom. The number of amides is 1. The molecular formula is C18H27NO2. The molecule has 0 bridgehead atoms. The first-order valence-electron chi connectivity index (χ1n) is 8.15. The average Bonchev–Trinajstić information content (AvgIpc) is 2.54. The van der Waals surface area contributed by atoms with Crippen LogP contribution < -0.4 is 0 Å². The fourth-order valence-corrected chi connectivity index (χ4v) is 3.23. The molecule has 3 heteroatoms. The summed E-state index contributed by atoms with van der Waals surface area (Å²) in [4.78, 5) is 14.3.